The summed E-state index contributed by atoms with van der Waals surface area (Å²) in [6.45, 7) is 0. The molecule has 0 aliphatic rings. The van der Waals surface area contributed by atoms with Gasteiger partial charge in [-0.1, -0.05) is 48.0 Å². The van der Waals surface area contributed by atoms with Crippen LogP contribution < -0.4 is 11.3 Å². The molecule has 1 atom stereocenters. The van der Waals surface area contributed by atoms with E-state index in [-0.39, 0.29) is 11.1 Å². The van der Waals surface area contributed by atoms with E-state index in [0.29, 0.717) is 16.5 Å². The molecule has 0 saturated heterocycles. The zero-order valence-corrected chi connectivity index (χ0v) is 12.4. The van der Waals surface area contributed by atoms with E-state index >= 15 is 0 Å². The van der Waals surface area contributed by atoms with Crippen molar-refractivity contribution in [1.29, 1.82) is 0 Å². The maximum Gasteiger partial charge on any atom is 0.147 e. The molecule has 0 amide bonds. The van der Waals surface area contributed by atoms with Gasteiger partial charge in [0.1, 0.15) is 5.82 Å². The van der Waals surface area contributed by atoms with Crippen LogP contribution in [-0.4, -0.2) is 0 Å². The fourth-order valence-electron chi connectivity index (χ4n) is 1.92. The Bertz CT molecular complexity index is 563. The number of rotatable bonds is 4. The second-order valence-electron chi connectivity index (χ2n) is 4.17. The summed E-state index contributed by atoms with van der Waals surface area (Å²) < 4.78 is 14.7. The Kier molecular flexibility index (Phi) is 4.93. The molecular formula is C14H13BrClFN2. The van der Waals surface area contributed by atoms with E-state index in [1.165, 1.54) is 0 Å². The molecule has 100 valence electrons. The minimum Gasteiger partial charge on any atom is -0.271 e. The highest BCUT2D eigenvalue weighted by Gasteiger charge is 2.18. The third kappa shape index (κ3) is 3.34. The number of benzene rings is 2. The van der Waals surface area contributed by atoms with Crippen LogP contribution in [0.25, 0.3) is 0 Å². The van der Waals surface area contributed by atoms with Gasteiger partial charge in [0, 0.05) is 10.0 Å². The quantitative estimate of drug-likeness (QED) is 0.500. The molecule has 2 rings (SSSR count). The van der Waals surface area contributed by atoms with Crippen molar-refractivity contribution in [3.8, 4) is 0 Å². The van der Waals surface area contributed by atoms with Crippen molar-refractivity contribution in [2.75, 3.05) is 0 Å². The normalized spacial score (nSPS) is 12.4. The standard InChI is InChI=1S/C14H13BrClFN2/c15-11-7-6-10(14(17)13(11)16)12(19-18)8-9-4-2-1-3-5-9/h1-7,12,19H,8,18H2. The van der Waals surface area contributed by atoms with E-state index in [1.54, 1.807) is 12.1 Å². The Balaban J connectivity index is 2.30. The van der Waals surface area contributed by atoms with Gasteiger partial charge in [-0.2, -0.15) is 0 Å². The summed E-state index contributed by atoms with van der Waals surface area (Å²) in [5.41, 5.74) is 4.17. The SMILES string of the molecule is NNC(Cc1ccccc1)c1ccc(Br)c(Cl)c1F. The molecule has 2 aromatic carbocycles. The van der Waals surface area contributed by atoms with Crippen LogP contribution in [0.5, 0.6) is 0 Å². The lowest BCUT2D eigenvalue weighted by atomic mass is 9.99. The van der Waals surface area contributed by atoms with Gasteiger partial charge in [0.05, 0.1) is 11.1 Å². The van der Waals surface area contributed by atoms with Crippen LogP contribution in [0.4, 0.5) is 4.39 Å². The topological polar surface area (TPSA) is 38.0 Å². The maximum absolute atomic E-state index is 14.1. The predicted molar refractivity (Wildman–Crippen MR) is 79.3 cm³/mol. The first-order valence-electron chi connectivity index (χ1n) is 5.77. The highest BCUT2D eigenvalue weighted by molar-refractivity contribution is 9.10. The molecule has 3 N–H and O–H groups in total. The Morgan fingerprint density at radius 3 is 2.53 bits per heavy atom. The fourth-order valence-corrected chi connectivity index (χ4v) is 2.40. The second-order valence-corrected chi connectivity index (χ2v) is 5.41. The molecule has 0 radical (unpaired) electrons. The van der Waals surface area contributed by atoms with Crippen molar-refractivity contribution in [3.05, 3.63) is 68.9 Å². The lowest BCUT2D eigenvalue weighted by molar-refractivity contribution is 0.510. The second kappa shape index (κ2) is 6.48. The zero-order valence-electron chi connectivity index (χ0n) is 10.0. The van der Waals surface area contributed by atoms with E-state index in [9.17, 15) is 4.39 Å². The molecule has 0 spiro atoms. The predicted octanol–water partition coefficient (Wildman–Crippen LogP) is 3.99. The molecule has 2 nitrogen and oxygen atoms in total. The van der Waals surface area contributed by atoms with E-state index in [4.69, 9.17) is 17.4 Å². The van der Waals surface area contributed by atoms with Gasteiger partial charge in [0.2, 0.25) is 0 Å². The van der Waals surface area contributed by atoms with E-state index < -0.39 is 5.82 Å². The minimum atomic E-state index is -0.449. The van der Waals surface area contributed by atoms with Crippen LogP contribution in [0.2, 0.25) is 5.02 Å². The lowest BCUT2D eigenvalue weighted by Crippen LogP contribution is -2.30. The monoisotopic (exact) mass is 342 g/mol. The first-order valence-corrected chi connectivity index (χ1v) is 6.94. The Morgan fingerprint density at radius 1 is 1.21 bits per heavy atom. The molecule has 2 aromatic rings. The van der Waals surface area contributed by atoms with Crippen molar-refractivity contribution in [3.63, 3.8) is 0 Å². The Labute approximate surface area is 124 Å². The third-order valence-corrected chi connectivity index (χ3v) is 4.18. The molecular weight excluding hydrogens is 331 g/mol. The van der Waals surface area contributed by atoms with Gasteiger partial charge in [-0.25, -0.2) is 4.39 Å². The first-order chi connectivity index (χ1) is 9.13. The molecule has 0 fully saturated rings. The zero-order chi connectivity index (χ0) is 13.8. The van der Waals surface area contributed by atoms with Gasteiger partial charge in [-0.15, -0.1) is 0 Å². The highest BCUT2D eigenvalue weighted by Crippen LogP contribution is 2.31. The highest BCUT2D eigenvalue weighted by atomic mass is 79.9. The molecule has 0 aliphatic carbocycles. The van der Waals surface area contributed by atoms with Gasteiger partial charge >= 0.3 is 0 Å². The maximum atomic E-state index is 14.1. The van der Waals surface area contributed by atoms with E-state index in [0.717, 1.165) is 5.56 Å². The average Bonchev–Trinajstić information content (AvgIpc) is 2.44. The van der Waals surface area contributed by atoms with Gasteiger partial charge in [-0.05, 0) is 34.0 Å². The van der Waals surface area contributed by atoms with Crippen LogP contribution in [0.15, 0.2) is 46.9 Å². The average molecular weight is 344 g/mol. The summed E-state index contributed by atoms with van der Waals surface area (Å²) in [5.74, 6) is 5.09. The molecule has 5 heteroatoms. The molecule has 0 bridgehead atoms. The number of hydrogen-bond acceptors (Lipinski definition) is 2. The summed E-state index contributed by atoms with van der Waals surface area (Å²) in [6.07, 6.45) is 0.590. The first kappa shape index (κ1) is 14.5. The molecule has 0 heterocycles. The van der Waals surface area contributed by atoms with Crippen LogP contribution in [0.3, 0.4) is 0 Å². The number of nitrogens with two attached hydrogens (primary N) is 1. The van der Waals surface area contributed by atoms with Gasteiger partial charge in [0.25, 0.3) is 0 Å². The number of nitrogens with one attached hydrogen (secondary N) is 1. The van der Waals surface area contributed by atoms with Crippen molar-refractivity contribution in [1.82, 2.24) is 5.43 Å². The third-order valence-electron chi connectivity index (χ3n) is 2.92. The van der Waals surface area contributed by atoms with Crippen LogP contribution in [0, 0.1) is 5.82 Å². The lowest BCUT2D eigenvalue weighted by Gasteiger charge is -2.18. The summed E-state index contributed by atoms with van der Waals surface area (Å²) in [4.78, 5) is 0. The Hall–Kier alpha value is -0.940. The van der Waals surface area contributed by atoms with Crippen LogP contribution in [0.1, 0.15) is 17.2 Å². The largest absolute Gasteiger partial charge is 0.271 e. The fraction of sp³-hybridized carbons (Fsp3) is 0.143. The molecule has 1 unspecified atom stereocenters. The number of hydrazine groups is 1. The van der Waals surface area contributed by atoms with Crippen molar-refractivity contribution < 1.29 is 4.39 Å². The van der Waals surface area contributed by atoms with Crippen LogP contribution in [-0.2, 0) is 6.42 Å². The van der Waals surface area contributed by atoms with Crippen molar-refractivity contribution in [2.24, 2.45) is 5.84 Å². The minimum absolute atomic E-state index is 0.0748. The summed E-state index contributed by atoms with van der Waals surface area (Å²) in [5, 5.41) is 0.0748. The van der Waals surface area contributed by atoms with Crippen LogP contribution >= 0.6 is 27.5 Å². The summed E-state index contributed by atoms with van der Waals surface area (Å²) >= 11 is 9.09. The van der Waals surface area contributed by atoms with E-state index in [1.807, 2.05) is 30.3 Å². The van der Waals surface area contributed by atoms with Crippen molar-refractivity contribution >= 4 is 27.5 Å². The van der Waals surface area contributed by atoms with Gasteiger partial charge in [0.15, 0.2) is 0 Å². The summed E-state index contributed by atoms with van der Waals surface area (Å²) in [7, 11) is 0. The number of hydrogen-bond donors (Lipinski definition) is 2. The smallest absolute Gasteiger partial charge is 0.147 e. The van der Waals surface area contributed by atoms with Crippen molar-refractivity contribution in [2.45, 2.75) is 12.5 Å². The number of halogens is 3. The van der Waals surface area contributed by atoms with E-state index in [2.05, 4.69) is 21.4 Å². The molecule has 0 aliphatic heterocycles. The molecule has 0 aromatic heterocycles. The van der Waals surface area contributed by atoms with Gasteiger partial charge in [-0.3, -0.25) is 11.3 Å². The Morgan fingerprint density at radius 2 is 1.89 bits per heavy atom. The van der Waals surface area contributed by atoms with Gasteiger partial charge < -0.3 is 0 Å². The summed E-state index contributed by atoms with van der Waals surface area (Å²) in [6, 6.07) is 12.8. The molecule has 0 saturated carbocycles. The molecule has 19 heavy (non-hydrogen) atoms.